The highest BCUT2D eigenvalue weighted by Gasteiger charge is 2.35. The molecule has 0 radical (unpaired) electrons. The second-order valence-corrected chi connectivity index (χ2v) is 11.4. The van der Waals surface area contributed by atoms with E-state index < -0.39 is 0 Å². The van der Waals surface area contributed by atoms with Gasteiger partial charge in [-0.05, 0) is 46.8 Å². The van der Waals surface area contributed by atoms with Crippen molar-refractivity contribution in [2.45, 2.75) is 51.1 Å². The summed E-state index contributed by atoms with van der Waals surface area (Å²) in [6.07, 6.45) is 5.76. The maximum absolute atomic E-state index is 11.9. The molecule has 4 aromatic rings. The van der Waals surface area contributed by atoms with E-state index in [1.54, 1.807) is 7.11 Å². The van der Waals surface area contributed by atoms with Crippen molar-refractivity contribution in [2.75, 3.05) is 7.11 Å². The largest absolute Gasteiger partial charge is 0.496 e. The molecule has 0 aliphatic carbocycles. The SMILES string of the molecule is CCCC(CC)(Pc1ccccc1C=O)c1cc(Cc2ccccc2)cc(Cc2ccccc2)c1OC. The Bertz CT molecular complexity index is 1300. The average molecular weight is 509 g/mol. The molecule has 190 valence electrons. The van der Waals surface area contributed by atoms with Crippen molar-refractivity contribution in [3.63, 3.8) is 0 Å². The molecule has 0 bridgehead atoms. The van der Waals surface area contributed by atoms with E-state index in [1.807, 2.05) is 18.2 Å². The third-order valence-corrected chi connectivity index (χ3v) is 9.25. The molecule has 2 unspecified atom stereocenters. The summed E-state index contributed by atoms with van der Waals surface area (Å²) < 4.78 is 6.24. The van der Waals surface area contributed by atoms with Gasteiger partial charge in [-0.1, -0.05) is 126 Å². The Labute approximate surface area is 223 Å². The molecule has 0 saturated carbocycles. The first kappa shape index (κ1) is 26.8. The Morgan fingerprint density at radius 3 is 2.00 bits per heavy atom. The van der Waals surface area contributed by atoms with Gasteiger partial charge in [0, 0.05) is 22.7 Å². The molecule has 0 N–H and O–H groups in total. The van der Waals surface area contributed by atoms with Crippen molar-refractivity contribution in [1.29, 1.82) is 0 Å². The normalized spacial score (nSPS) is 12.9. The van der Waals surface area contributed by atoms with Gasteiger partial charge < -0.3 is 4.74 Å². The lowest BCUT2D eigenvalue weighted by Gasteiger charge is -2.36. The van der Waals surface area contributed by atoms with Crippen molar-refractivity contribution < 1.29 is 9.53 Å². The fourth-order valence-corrected chi connectivity index (χ4v) is 7.20. The molecule has 3 heteroatoms. The first-order chi connectivity index (χ1) is 18.1. The minimum Gasteiger partial charge on any atom is -0.496 e. The molecule has 37 heavy (non-hydrogen) atoms. The molecule has 0 aliphatic rings. The fourth-order valence-electron chi connectivity index (χ4n) is 5.35. The van der Waals surface area contributed by atoms with Crippen LogP contribution in [0.1, 0.15) is 71.3 Å². The van der Waals surface area contributed by atoms with Crippen molar-refractivity contribution in [1.82, 2.24) is 0 Å². The van der Waals surface area contributed by atoms with Gasteiger partial charge in [0.15, 0.2) is 6.29 Å². The topological polar surface area (TPSA) is 26.3 Å². The molecule has 2 nitrogen and oxygen atoms in total. The van der Waals surface area contributed by atoms with Crippen molar-refractivity contribution in [3.8, 4) is 5.75 Å². The second kappa shape index (κ2) is 12.8. The molecular weight excluding hydrogens is 471 g/mol. The quantitative estimate of drug-likeness (QED) is 0.143. The Balaban J connectivity index is 1.90. The maximum Gasteiger partial charge on any atom is 0.150 e. The third kappa shape index (κ3) is 6.38. The number of hydrogen-bond donors (Lipinski definition) is 0. The van der Waals surface area contributed by atoms with Crippen LogP contribution >= 0.6 is 8.58 Å². The van der Waals surface area contributed by atoms with Crippen LogP contribution in [0.15, 0.2) is 97.1 Å². The van der Waals surface area contributed by atoms with Crippen molar-refractivity contribution >= 4 is 20.2 Å². The smallest absolute Gasteiger partial charge is 0.150 e. The number of carbonyl (C=O) groups excluding carboxylic acids is 1. The van der Waals surface area contributed by atoms with Gasteiger partial charge in [0.05, 0.1) is 7.11 Å². The zero-order valence-corrected chi connectivity index (χ0v) is 23.2. The summed E-state index contributed by atoms with van der Waals surface area (Å²) in [5, 5.41) is 1.02. The van der Waals surface area contributed by atoms with Crippen LogP contribution in [0.2, 0.25) is 0 Å². The predicted molar refractivity (Wildman–Crippen MR) is 158 cm³/mol. The minimum absolute atomic E-state index is 0.114. The van der Waals surface area contributed by atoms with E-state index >= 15 is 0 Å². The van der Waals surface area contributed by atoms with Gasteiger partial charge in [0.2, 0.25) is 0 Å². The average Bonchev–Trinajstić information content (AvgIpc) is 2.94. The van der Waals surface area contributed by atoms with Gasteiger partial charge in [0.1, 0.15) is 5.75 Å². The van der Waals surface area contributed by atoms with Gasteiger partial charge in [-0.25, -0.2) is 0 Å². The maximum atomic E-state index is 11.9. The molecule has 0 heterocycles. The first-order valence-corrected chi connectivity index (χ1v) is 14.2. The lowest BCUT2D eigenvalue weighted by Crippen LogP contribution is -2.25. The third-order valence-electron chi connectivity index (χ3n) is 7.18. The summed E-state index contributed by atoms with van der Waals surface area (Å²) in [7, 11) is 2.28. The molecule has 0 aromatic heterocycles. The molecule has 0 fully saturated rings. The zero-order valence-electron chi connectivity index (χ0n) is 22.2. The van der Waals surface area contributed by atoms with E-state index in [-0.39, 0.29) is 5.16 Å². The number of ether oxygens (including phenoxy) is 1. The second-order valence-electron chi connectivity index (χ2n) is 9.68. The van der Waals surface area contributed by atoms with Crippen LogP contribution in [0.4, 0.5) is 0 Å². The van der Waals surface area contributed by atoms with Gasteiger partial charge >= 0.3 is 0 Å². The van der Waals surface area contributed by atoms with Gasteiger partial charge in [-0.3, -0.25) is 4.79 Å². The van der Waals surface area contributed by atoms with E-state index in [0.717, 1.165) is 55.0 Å². The number of rotatable bonds is 12. The van der Waals surface area contributed by atoms with Gasteiger partial charge in [-0.15, -0.1) is 0 Å². The predicted octanol–water partition coefficient (Wildman–Crippen LogP) is 8.10. The number of benzene rings is 4. The molecule has 4 aromatic carbocycles. The van der Waals surface area contributed by atoms with E-state index in [0.29, 0.717) is 8.58 Å². The molecule has 2 atom stereocenters. The van der Waals surface area contributed by atoms with E-state index in [4.69, 9.17) is 4.74 Å². The van der Waals surface area contributed by atoms with Gasteiger partial charge in [-0.2, -0.15) is 0 Å². The van der Waals surface area contributed by atoms with E-state index in [9.17, 15) is 4.79 Å². The van der Waals surface area contributed by atoms with Crippen LogP contribution in [0.5, 0.6) is 5.75 Å². The van der Waals surface area contributed by atoms with Crippen LogP contribution in [0.3, 0.4) is 0 Å². The fraction of sp³-hybridized carbons (Fsp3) is 0.265. The Morgan fingerprint density at radius 1 is 0.784 bits per heavy atom. The van der Waals surface area contributed by atoms with E-state index in [1.165, 1.54) is 27.8 Å². The van der Waals surface area contributed by atoms with Crippen LogP contribution in [0, 0.1) is 0 Å². The number of carbonyl (C=O) groups is 1. The van der Waals surface area contributed by atoms with E-state index in [2.05, 4.69) is 92.7 Å². The molecule has 0 spiro atoms. The zero-order chi connectivity index (χ0) is 26.1. The first-order valence-electron chi connectivity index (χ1n) is 13.2. The van der Waals surface area contributed by atoms with Crippen LogP contribution < -0.4 is 10.0 Å². The summed E-state index contributed by atoms with van der Waals surface area (Å²) in [6, 6.07) is 34.1. The molecule has 4 rings (SSSR count). The lowest BCUT2D eigenvalue weighted by molar-refractivity contribution is 0.112. The lowest BCUT2D eigenvalue weighted by atomic mass is 9.85. The summed E-state index contributed by atoms with van der Waals surface area (Å²) >= 11 is 0. The van der Waals surface area contributed by atoms with Crippen LogP contribution in [0.25, 0.3) is 0 Å². The van der Waals surface area contributed by atoms with Crippen molar-refractivity contribution in [3.05, 3.63) is 130 Å². The Hall–Kier alpha value is -3.22. The summed E-state index contributed by atoms with van der Waals surface area (Å²) in [4.78, 5) is 11.9. The molecule has 0 amide bonds. The van der Waals surface area contributed by atoms with Crippen LogP contribution in [-0.2, 0) is 18.0 Å². The van der Waals surface area contributed by atoms with Gasteiger partial charge in [0.25, 0.3) is 0 Å². The Kier molecular flexibility index (Phi) is 9.31. The van der Waals surface area contributed by atoms with Crippen molar-refractivity contribution in [2.24, 2.45) is 0 Å². The number of methoxy groups -OCH3 is 1. The highest BCUT2D eigenvalue weighted by Crippen LogP contribution is 2.52. The molecule has 0 aliphatic heterocycles. The number of aldehydes is 1. The summed E-state index contributed by atoms with van der Waals surface area (Å²) in [5.41, 5.74) is 7.16. The highest BCUT2D eigenvalue weighted by atomic mass is 31.1. The molecule has 0 saturated heterocycles. The summed E-state index contributed by atoms with van der Waals surface area (Å²) in [6.45, 7) is 4.54. The number of hydrogen-bond acceptors (Lipinski definition) is 2. The van der Waals surface area contributed by atoms with Crippen LogP contribution in [-0.4, -0.2) is 13.4 Å². The Morgan fingerprint density at radius 2 is 1.41 bits per heavy atom. The minimum atomic E-state index is -0.114. The molecular formula is C34H37O2P. The standard InChI is InChI=1S/C34H37O2P/c1-4-20-34(5-2,37-32-19-13-12-18-29(32)25-35)31-24-28(21-26-14-8-6-9-15-26)23-30(33(31)36-3)22-27-16-10-7-11-17-27/h6-19,23-25,37H,4-5,20-22H2,1-3H3. The summed E-state index contributed by atoms with van der Waals surface area (Å²) in [5.74, 6) is 0.993. The highest BCUT2D eigenvalue weighted by molar-refractivity contribution is 7.48. The monoisotopic (exact) mass is 508 g/mol.